The Balaban J connectivity index is 2.13. The Bertz CT molecular complexity index is 385. The van der Waals surface area contributed by atoms with Crippen molar-refractivity contribution < 1.29 is 14.7 Å². The van der Waals surface area contributed by atoms with Crippen LogP contribution < -0.4 is 5.73 Å². The van der Waals surface area contributed by atoms with Crippen molar-refractivity contribution in [3.8, 4) is 0 Å². The predicted octanol–water partition coefficient (Wildman–Crippen LogP) is 1.07. The summed E-state index contributed by atoms with van der Waals surface area (Å²) in [5, 5.41) is 9.50. The van der Waals surface area contributed by atoms with Crippen molar-refractivity contribution >= 4 is 11.9 Å². The molecule has 5 nitrogen and oxygen atoms in total. The van der Waals surface area contributed by atoms with Gasteiger partial charge in [-0.3, -0.25) is 9.59 Å². The molecule has 1 atom stereocenters. The highest BCUT2D eigenvalue weighted by Crippen LogP contribution is 2.45. The number of carbonyl (C=O) groups excluding carboxylic acids is 1. The fraction of sp³-hybridized carbons (Fsp3) is 0.857. The lowest BCUT2D eigenvalue weighted by Crippen LogP contribution is -2.52. The first-order valence-corrected chi connectivity index (χ1v) is 7.11. The van der Waals surface area contributed by atoms with Crippen molar-refractivity contribution in [2.75, 3.05) is 19.6 Å². The quantitative estimate of drug-likeness (QED) is 0.799. The summed E-state index contributed by atoms with van der Waals surface area (Å²) in [5.74, 6) is -0.684. The van der Waals surface area contributed by atoms with E-state index in [0.717, 1.165) is 19.3 Å². The second-order valence-electron chi connectivity index (χ2n) is 6.43. The number of carbonyl (C=O) groups is 2. The fourth-order valence-electron chi connectivity index (χ4n) is 3.34. The van der Waals surface area contributed by atoms with Crippen LogP contribution in [-0.2, 0) is 9.59 Å². The normalized spacial score (nSPS) is 29.4. The summed E-state index contributed by atoms with van der Waals surface area (Å²) < 4.78 is 0. The summed E-state index contributed by atoms with van der Waals surface area (Å²) in [4.78, 5) is 25.9. The molecular formula is C14H24N2O3. The van der Waals surface area contributed by atoms with Crippen LogP contribution in [0.2, 0.25) is 0 Å². The zero-order chi connectivity index (χ0) is 14.3. The standard InChI is InChI=1S/C14H24N2O3/c1-10(2)14(12(18)19)6-7-16(9-14)11(17)13(8-15)4-3-5-13/h10H,3-9,15H2,1-2H3,(H,18,19). The molecule has 1 saturated carbocycles. The van der Waals surface area contributed by atoms with E-state index in [2.05, 4.69) is 0 Å². The molecule has 2 aliphatic rings. The van der Waals surface area contributed by atoms with Crippen LogP contribution >= 0.6 is 0 Å². The molecule has 5 heteroatoms. The maximum atomic E-state index is 12.6. The van der Waals surface area contributed by atoms with Gasteiger partial charge in [0.25, 0.3) is 0 Å². The summed E-state index contributed by atoms with van der Waals surface area (Å²) in [7, 11) is 0. The van der Waals surface area contributed by atoms with Crippen molar-refractivity contribution in [1.29, 1.82) is 0 Å². The SMILES string of the molecule is CC(C)C1(C(=O)O)CCN(C(=O)C2(CN)CCC2)C1. The van der Waals surface area contributed by atoms with E-state index in [-0.39, 0.29) is 11.8 Å². The molecule has 0 radical (unpaired) electrons. The van der Waals surface area contributed by atoms with Crippen molar-refractivity contribution in [3.63, 3.8) is 0 Å². The molecule has 1 unspecified atom stereocenters. The summed E-state index contributed by atoms with van der Waals surface area (Å²) in [6.45, 7) is 5.10. The van der Waals surface area contributed by atoms with E-state index in [0.29, 0.717) is 26.1 Å². The van der Waals surface area contributed by atoms with Gasteiger partial charge >= 0.3 is 5.97 Å². The molecule has 0 bridgehead atoms. The largest absolute Gasteiger partial charge is 0.481 e. The molecular weight excluding hydrogens is 244 g/mol. The Labute approximate surface area is 114 Å². The van der Waals surface area contributed by atoms with Crippen molar-refractivity contribution in [2.45, 2.75) is 39.5 Å². The number of hydrogen-bond donors (Lipinski definition) is 2. The first-order valence-electron chi connectivity index (χ1n) is 7.11. The molecule has 0 spiro atoms. The van der Waals surface area contributed by atoms with Gasteiger partial charge in [0.05, 0.1) is 10.8 Å². The summed E-state index contributed by atoms with van der Waals surface area (Å²) in [6.07, 6.45) is 3.29. The van der Waals surface area contributed by atoms with E-state index in [1.54, 1.807) is 4.90 Å². The van der Waals surface area contributed by atoms with Gasteiger partial charge in [-0.25, -0.2) is 0 Å². The van der Waals surface area contributed by atoms with Crippen LogP contribution in [0.3, 0.4) is 0 Å². The van der Waals surface area contributed by atoms with Gasteiger partial charge in [-0.05, 0) is 25.2 Å². The number of amides is 1. The van der Waals surface area contributed by atoms with E-state index in [1.807, 2.05) is 13.8 Å². The summed E-state index contributed by atoms with van der Waals surface area (Å²) in [6, 6.07) is 0. The Kier molecular flexibility index (Phi) is 3.60. The van der Waals surface area contributed by atoms with Gasteiger partial charge in [0, 0.05) is 19.6 Å². The van der Waals surface area contributed by atoms with E-state index in [4.69, 9.17) is 5.73 Å². The smallest absolute Gasteiger partial charge is 0.311 e. The number of rotatable bonds is 4. The Hall–Kier alpha value is -1.10. The summed E-state index contributed by atoms with van der Waals surface area (Å²) in [5.41, 5.74) is 4.58. The molecule has 108 valence electrons. The maximum Gasteiger partial charge on any atom is 0.311 e. The predicted molar refractivity (Wildman–Crippen MR) is 71.4 cm³/mol. The molecule has 0 aromatic rings. The lowest BCUT2D eigenvalue weighted by atomic mass is 9.67. The van der Waals surface area contributed by atoms with Crippen LogP contribution in [0.5, 0.6) is 0 Å². The minimum absolute atomic E-state index is 0.0259. The number of carboxylic acids is 1. The molecule has 1 aliphatic heterocycles. The molecule has 1 amide bonds. The van der Waals surface area contributed by atoms with Gasteiger partial charge < -0.3 is 15.7 Å². The van der Waals surface area contributed by atoms with Crippen LogP contribution in [0.1, 0.15) is 39.5 Å². The number of nitrogens with two attached hydrogens (primary N) is 1. The van der Waals surface area contributed by atoms with Crippen LogP contribution in [-0.4, -0.2) is 41.5 Å². The van der Waals surface area contributed by atoms with Gasteiger partial charge in [-0.2, -0.15) is 0 Å². The number of hydrogen-bond acceptors (Lipinski definition) is 3. The lowest BCUT2D eigenvalue weighted by Gasteiger charge is -2.42. The van der Waals surface area contributed by atoms with Crippen molar-refractivity contribution in [3.05, 3.63) is 0 Å². The third kappa shape index (κ3) is 2.04. The highest BCUT2D eigenvalue weighted by atomic mass is 16.4. The number of likely N-dealkylation sites (tertiary alicyclic amines) is 1. The second kappa shape index (κ2) is 4.78. The number of aliphatic carboxylic acids is 1. The van der Waals surface area contributed by atoms with Crippen molar-refractivity contribution in [1.82, 2.24) is 4.90 Å². The number of nitrogens with zero attached hydrogens (tertiary/aromatic N) is 1. The van der Waals surface area contributed by atoms with E-state index in [9.17, 15) is 14.7 Å². The highest BCUT2D eigenvalue weighted by Gasteiger charge is 2.52. The van der Waals surface area contributed by atoms with Gasteiger partial charge in [0.1, 0.15) is 0 Å². The van der Waals surface area contributed by atoms with E-state index < -0.39 is 16.8 Å². The molecule has 3 N–H and O–H groups in total. The first kappa shape index (κ1) is 14.3. The second-order valence-corrected chi connectivity index (χ2v) is 6.43. The minimum Gasteiger partial charge on any atom is -0.481 e. The number of carboxylic acid groups (broad SMARTS) is 1. The van der Waals surface area contributed by atoms with Crippen LogP contribution in [0.4, 0.5) is 0 Å². The maximum absolute atomic E-state index is 12.6. The monoisotopic (exact) mass is 268 g/mol. The molecule has 2 fully saturated rings. The van der Waals surface area contributed by atoms with Gasteiger partial charge in [0.2, 0.25) is 5.91 Å². The third-order valence-electron chi connectivity index (χ3n) is 5.27. The van der Waals surface area contributed by atoms with Gasteiger partial charge in [0.15, 0.2) is 0 Å². The molecule has 0 aromatic carbocycles. The van der Waals surface area contributed by atoms with Crippen LogP contribution in [0.25, 0.3) is 0 Å². The van der Waals surface area contributed by atoms with Crippen molar-refractivity contribution in [2.24, 2.45) is 22.5 Å². The first-order chi connectivity index (χ1) is 8.88. The molecule has 1 aliphatic carbocycles. The molecule has 2 rings (SSSR count). The molecule has 19 heavy (non-hydrogen) atoms. The van der Waals surface area contributed by atoms with Gasteiger partial charge in [-0.1, -0.05) is 20.3 Å². The average Bonchev–Trinajstić information content (AvgIpc) is 2.74. The molecule has 1 heterocycles. The van der Waals surface area contributed by atoms with Gasteiger partial charge in [-0.15, -0.1) is 0 Å². The minimum atomic E-state index is -0.784. The molecule has 0 aromatic heterocycles. The van der Waals surface area contributed by atoms with E-state index >= 15 is 0 Å². The van der Waals surface area contributed by atoms with Crippen LogP contribution in [0, 0.1) is 16.7 Å². The van der Waals surface area contributed by atoms with Crippen LogP contribution in [0.15, 0.2) is 0 Å². The third-order valence-corrected chi connectivity index (χ3v) is 5.27. The zero-order valence-corrected chi connectivity index (χ0v) is 11.8. The molecule has 1 saturated heterocycles. The average molecular weight is 268 g/mol. The highest BCUT2D eigenvalue weighted by molar-refractivity contribution is 5.86. The summed E-state index contributed by atoms with van der Waals surface area (Å²) >= 11 is 0. The zero-order valence-electron chi connectivity index (χ0n) is 11.8. The Morgan fingerprint density at radius 3 is 2.26 bits per heavy atom. The lowest BCUT2D eigenvalue weighted by molar-refractivity contribution is -0.153. The fourth-order valence-corrected chi connectivity index (χ4v) is 3.34. The Morgan fingerprint density at radius 2 is 1.95 bits per heavy atom. The topological polar surface area (TPSA) is 83.6 Å². The van der Waals surface area contributed by atoms with E-state index in [1.165, 1.54) is 0 Å². The Morgan fingerprint density at radius 1 is 1.32 bits per heavy atom.